The van der Waals surface area contributed by atoms with Crippen molar-refractivity contribution < 1.29 is 13.2 Å². The molecule has 136 valence electrons. The van der Waals surface area contributed by atoms with Crippen molar-refractivity contribution in [2.75, 3.05) is 26.1 Å². The van der Waals surface area contributed by atoms with Crippen molar-refractivity contribution in [3.8, 4) is 5.75 Å². The molecule has 0 amide bonds. The van der Waals surface area contributed by atoms with Crippen molar-refractivity contribution in [3.05, 3.63) is 40.7 Å². The molecule has 1 aromatic heterocycles. The number of aryl methyl sites for hydroxylation is 1. The van der Waals surface area contributed by atoms with Crippen LogP contribution in [-0.4, -0.2) is 39.6 Å². The van der Waals surface area contributed by atoms with Gasteiger partial charge in [0, 0.05) is 19.8 Å². The fraction of sp³-hybridized carbons (Fsp3) is 0.412. The summed E-state index contributed by atoms with van der Waals surface area (Å²) < 4.78 is 33.2. The smallest absolute Gasteiger partial charge is 0.241 e. The van der Waals surface area contributed by atoms with Gasteiger partial charge >= 0.3 is 0 Å². The molecule has 0 saturated carbocycles. The summed E-state index contributed by atoms with van der Waals surface area (Å²) in [4.78, 5) is 10.7. The molecule has 0 radical (unpaired) electrons. The van der Waals surface area contributed by atoms with Crippen LogP contribution < -0.4 is 14.4 Å². The highest BCUT2D eigenvalue weighted by molar-refractivity contribution is 7.89. The quantitative estimate of drug-likeness (QED) is 0.843. The van der Waals surface area contributed by atoms with E-state index in [0.717, 1.165) is 11.3 Å². The summed E-state index contributed by atoms with van der Waals surface area (Å²) in [6.07, 6.45) is 0. The molecule has 0 aliphatic carbocycles. The van der Waals surface area contributed by atoms with Gasteiger partial charge in [0.2, 0.25) is 16.0 Å². The summed E-state index contributed by atoms with van der Waals surface area (Å²) >= 11 is 0. The largest absolute Gasteiger partial charge is 0.496 e. The molecule has 0 aliphatic heterocycles. The summed E-state index contributed by atoms with van der Waals surface area (Å²) in [5, 5.41) is 0. The molecule has 7 nitrogen and oxygen atoms in total. The number of aromatic nitrogens is 2. The summed E-state index contributed by atoms with van der Waals surface area (Å²) in [6.45, 7) is 5.55. The zero-order valence-electron chi connectivity index (χ0n) is 15.4. The van der Waals surface area contributed by atoms with E-state index in [-0.39, 0.29) is 11.4 Å². The lowest BCUT2D eigenvalue weighted by Crippen LogP contribution is -2.25. The molecule has 0 spiro atoms. The third-order valence-electron chi connectivity index (χ3n) is 3.94. The lowest BCUT2D eigenvalue weighted by Gasteiger charge is -2.15. The molecule has 2 rings (SSSR count). The van der Waals surface area contributed by atoms with Crippen LogP contribution in [0.4, 0.5) is 5.95 Å². The molecular formula is C17H24N4O3S. The van der Waals surface area contributed by atoms with Gasteiger partial charge in [0.25, 0.3) is 0 Å². The minimum atomic E-state index is -3.66. The Morgan fingerprint density at radius 1 is 1.12 bits per heavy atom. The lowest BCUT2D eigenvalue weighted by atomic mass is 10.1. The second kappa shape index (κ2) is 7.37. The zero-order valence-corrected chi connectivity index (χ0v) is 16.2. The zero-order chi connectivity index (χ0) is 18.8. The van der Waals surface area contributed by atoms with Crippen molar-refractivity contribution in [2.45, 2.75) is 32.2 Å². The summed E-state index contributed by atoms with van der Waals surface area (Å²) in [7, 11) is 1.58. The van der Waals surface area contributed by atoms with Crippen LogP contribution in [0.15, 0.2) is 23.1 Å². The van der Waals surface area contributed by atoms with Gasteiger partial charge in [0.05, 0.1) is 24.2 Å². The Balaban J connectivity index is 2.27. The average Bonchev–Trinajstić information content (AvgIpc) is 2.54. The molecule has 0 atom stereocenters. The Hall–Kier alpha value is -2.19. The van der Waals surface area contributed by atoms with Crippen LogP contribution in [0.2, 0.25) is 0 Å². The Kier molecular flexibility index (Phi) is 5.64. The molecule has 0 unspecified atom stereocenters. The molecule has 1 heterocycles. The maximum Gasteiger partial charge on any atom is 0.241 e. The Morgan fingerprint density at radius 3 is 2.40 bits per heavy atom. The number of sulfonamides is 1. The highest BCUT2D eigenvalue weighted by Crippen LogP contribution is 2.26. The van der Waals surface area contributed by atoms with Crippen LogP contribution in [0.1, 0.15) is 22.5 Å². The molecule has 1 aromatic carbocycles. The van der Waals surface area contributed by atoms with E-state index in [4.69, 9.17) is 4.74 Å². The van der Waals surface area contributed by atoms with Crippen LogP contribution in [-0.2, 0) is 16.6 Å². The van der Waals surface area contributed by atoms with Crippen LogP contribution >= 0.6 is 0 Å². The lowest BCUT2D eigenvalue weighted by molar-refractivity contribution is 0.410. The summed E-state index contributed by atoms with van der Waals surface area (Å²) in [5.41, 5.74) is 2.87. The standard InChI is InChI=1S/C17H24N4O3S/c1-11-9-14(20-17(19-11)21(4)5)10-18-25(22,23)16-8-7-15(24-6)12(2)13(16)3/h7-9,18H,10H2,1-6H3. The second-order valence-electron chi connectivity index (χ2n) is 6.04. The summed E-state index contributed by atoms with van der Waals surface area (Å²) in [5.74, 6) is 1.21. The van der Waals surface area contributed by atoms with E-state index in [1.807, 2.05) is 27.9 Å². The first-order valence-electron chi connectivity index (χ1n) is 7.81. The number of nitrogens with one attached hydrogen (secondary N) is 1. The molecule has 0 fully saturated rings. The molecule has 0 saturated heterocycles. The van der Waals surface area contributed by atoms with Crippen LogP contribution in [0.25, 0.3) is 0 Å². The third kappa shape index (κ3) is 4.26. The van der Waals surface area contributed by atoms with E-state index < -0.39 is 10.0 Å². The number of hydrogen-bond acceptors (Lipinski definition) is 6. The van der Waals surface area contributed by atoms with Crippen molar-refractivity contribution in [1.82, 2.24) is 14.7 Å². The topological polar surface area (TPSA) is 84.4 Å². The number of nitrogens with zero attached hydrogens (tertiary/aromatic N) is 3. The van der Waals surface area contributed by atoms with Crippen molar-refractivity contribution in [1.29, 1.82) is 0 Å². The van der Waals surface area contributed by atoms with Crippen molar-refractivity contribution >= 4 is 16.0 Å². The first-order chi connectivity index (χ1) is 11.7. The van der Waals surface area contributed by atoms with E-state index in [2.05, 4.69) is 14.7 Å². The van der Waals surface area contributed by atoms with E-state index >= 15 is 0 Å². The molecule has 8 heteroatoms. The fourth-order valence-electron chi connectivity index (χ4n) is 2.44. The SMILES string of the molecule is COc1ccc(S(=O)(=O)NCc2cc(C)nc(N(C)C)n2)c(C)c1C. The number of hydrogen-bond donors (Lipinski definition) is 1. The summed E-state index contributed by atoms with van der Waals surface area (Å²) in [6, 6.07) is 4.98. The van der Waals surface area contributed by atoms with Gasteiger partial charge in [-0.2, -0.15) is 0 Å². The Labute approximate surface area is 149 Å². The molecule has 1 N–H and O–H groups in total. The molecule has 2 aromatic rings. The maximum atomic E-state index is 12.7. The minimum absolute atomic E-state index is 0.0943. The average molecular weight is 364 g/mol. The van der Waals surface area contributed by atoms with Gasteiger partial charge in [-0.1, -0.05) is 0 Å². The molecule has 25 heavy (non-hydrogen) atoms. The van der Waals surface area contributed by atoms with Gasteiger partial charge in [-0.15, -0.1) is 0 Å². The van der Waals surface area contributed by atoms with Gasteiger partial charge in [-0.3, -0.25) is 0 Å². The Morgan fingerprint density at radius 2 is 1.80 bits per heavy atom. The van der Waals surface area contributed by atoms with Gasteiger partial charge in [0.15, 0.2) is 0 Å². The normalized spacial score (nSPS) is 11.4. The number of anilines is 1. The van der Waals surface area contributed by atoms with E-state index in [9.17, 15) is 8.42 Å². The molecule has 0 bridgehead atoms. The second-order valence-corrected chi connectivity index (χ2v) is 7.77. The van der Waals surface area contributed by atoms with Crippen molar-refractivity contribution in [3.63, 3.8) is 0 Å². The van der Waals surface area contributed by atoms with Gasteiger partial charge in [0.1, 0.15) is 5.75 Å². The Bertz CT molecular complexity index is 880. The fourth-order valence-corrected chi connectivity index (χ4v) is 3.73. The van der Waals surface area contributed by atoms with E-state index in [0.29, 0.717) is 23.0 Å². The van der Waals surface area contributed by atoms with E-state index in [1.165, 1.54) is 0 Å². The van der Waals surface area contributed by atoms with Gasteiger partial charge < -0.3 is 9.64 Å². The highest BCUT2D eigenvalue weighted by atomic mass is 32.2. The van der Waals surface area contributed by atoms with Crippen molar-refractivity contribution in [2.24, 2.45) is 0 Å². The first kappa shape index (κ1) is 19.1. The predicted octanol–water partition coefficient (Wildman–Crippen LogP) is 1.95. The van der Waals surface area contributed by atoms with E-state index in [1.54, 1.807) is 37.1 Å². The first-order valence-corrected chi connectivity index (χ1v) is 9.29. The van der Waals surface area contributed by atoms with Crippen LogP contribution in [0.3, 0.4) is 0 Å². The number of ether oxygens (including phenoxy) is 1. The molecular weight excluding hydrogens is 340 g/mol. The van der Waals surface area contributed by atoms with Gasteiger partial charge in [-0.05, 0) is 50.1 Å². The number of methoxy groups -OCH3 is 1. The monoisotopic (exact) mass is 364 g/mol. The molecule has 0 aliphatic rings. The van der Waals surface area contributed by atoms with Gasteiger partial charge in [-0.25, -0.2) is 23.1 Å². The number of rotatable bonds is 6. The third-order valence-corrected chi connectivity index (χ3v) is 5.48. The maximum absolute atomic E-state index is 12.7. The minimum Gasteiger partial charge on any atom is -0.496 e. The van der Waals surface area contributed by atoms with Crippen LogP contribution in [0.5, 0.6) is 5.75 Å². The predicted molar refractivity (Wildman–Crippen MR) is 97.6 cm³/mol. The number of benzene rings is 1. The highest BCUT2D eigenvalue weighted by Gasteiger charge is 2.19. The van der Waals surface area contributed by atoms with Crippen LogP contribution in [0, 0.1) is 20.8 Å².